The number of thiocarbonyl (C=S) groups is 1. The van der Waals surface area contributed by atoms with E-state index in [0.717, 1.165) is 17.2 Å². The number of benzene rings is 1. The van der Waals surface area contributed by atoms with E-state index < -0.39 is 0 Å². The fourth-order valence-corrected chi connectivity index (χ4v) is 1.78. The Kier molecular flexibility index (Phi) is 4.30. The number of aromatic nitrogens is 1. The molecule has 2 aromatic rings. The predicted molar refractivity (Wildman–Crippen MR) is 84.8 cm³/mol. The largest absolute Gasteiger partial charge is 0.378 e. The van der Waals surface area contributed by atoms with Crippen LogP contribution < -0.4 is 15.5 Å². The minimum Gasteiger partial charge on any atom is -0.378 e. The molecule has 2 N–H and O–H groups in total. The molecule has 0 saturated heterocycles. The van der Waals surface area contributed by atoms with E-state index in [2.05, 4.69) is 15.6 Å². The molecule has 0 radical (unpaired) electrons. The summed E-state index contributed by atoms with van der Waals surface area (Å²) in [5, 5.41) is 6.67. The maximum Gasteiger partial charge on any atom is 0.176 e. The van der Waals surface area contributed by atoms with Crippen LogP contribution in [-0.2, 0) is 0 Å². The summed E-state index contributed by atoms with van der Waals surface area (Å²) in [6.45, 7) is 0. The molecule has 0 unspecified atom stereocenters. The summed E-state index contributed by atoms with van der Waals surface area (Å²) in [5.74, 6) is 0.727. The van der Waals surface area contributed by atoms with E-state index in [4.69, 9.17) is 12.2 Å². The molecule has 19 heavy (non-hydrogen) atoms. The van der Waals surface area contributed by atoms with Gasteiger partial charge in [-0.1, -0.05) is 6.07 Å². The third kappa shape index (κ3) is 3.93. The van der Waals surface area contributed by atoms with Crippen molar-refractivity contribution in [3.63, 3.8) is 0 Å². The van der Waals surface area contributed by atoms with Gasteiger partial charge in [-0.2, -0.15) is 0 Å². The van der Waals surface area contributed by atoms with Crippen LogP contribution in [0.3, 0.4) is 0 Å². The van der Waals surface area contributed by atoms with Gasteiger partial charge in [-0.25, -0.2) is 4.98 Å². The Morgan fingerprint density at radius 1 is 1.05 bits per heavy atom. The van der Waals surface area contributed by atoms with Crippen molar-refractivity contribution in [2.75, 3.05) is 29.6 Å². The zero-order chi connectivity index (χ0) is 13.7. The molecule has 5 heteroatoms. The van der Waals surface area contributed by atoms with Gasteiger partial charge in [0.25, 0.3) is 0 Å². The first kappa shape index (κ1) is 13.3. The summed E-state index contributed by atoms with van der Waals surface area (Å²) < 4.78 is 0. The molecule has 4 nitrogen and oxygen atoms in total. The van der Waals surface area contributed by atoms with Crippen molar-refractivity contribution in [3.05, 3.63) is 48.7 Å². The number of pyridine rings is 1. The normalized spacial score (nSPS) is 9.79. The van der Waals surface area contributed by atoms with Gasteiger partial charge in [-0.3, -0.25) is 0 Å². The highest BCUT2D eigenvalue weighted by Crippen LogP contribution is 2.15. The molecular weight excluding hydrogens is 256 g/mol. The van der Waals surface area contributed by atoms with E-state index in [9.17, 15) is 0 Å². The first-order valence-corrected chi connectivity index (χ1v) is 6.32. The second-order valence-electron chi connectivity index (χ2n) is 4.24. The van der Waals surface area contributed by atoms with E-state index in [1.165, 1.54) is 0 Å². The summed E-state index contributed by atoms with van der Waals surface area (Å²) in [5.41, 5.74) is 2.09. The van der Waals surface area contributed by atoms with Crippen molar-refractivity contribution in [1.82, 2.24) is 4.98 Å². The third-order valence-electron chi connectivity index (χ3n) is 2.55. The first-order chi connectivity index (χ1) is 9.15. The number of hydrogen-bond acceptors (Lipinski definition) is 3. The summed E-state index contributed by atoms with van der Waals surface area (Å²) >= 11 is 5.23. The van der Waals surface area contributed by atoms with Gasteiger partial charge in [-0.15, -0.1) is 0 Å². The SMILES string of the molecule is CN(C)c1ccc(NC(=S)Nc2ccccn2)cc1. The van der Waals surface area contributed by atoms with Crippen LogP contribution in [0.4, 0.5) is 17.2 Å². The molecule has 0 aliphatic rings. The van der Waals surface area contributed by atoms with Crippen molar-refractivity contribution in [2.24, 2.45) is 0 Å². The number of anilines is 3. The highest BCUT2D eigenvalue weighted by molar-refractivity contribution is 7.80. The highest BCUT2D eigenvalue weighted by atomic mass is 32.1. The molecule has 0 aliphatic carbocycles. The van der Waals surface area contributed by atoms with Crippen molar-refractivity contribution in [3.8, 4) is 0 Å². The molecule has 0 fully saturated rings. The summed E-state index contributed by atoms with van der Waals surface area (Å²) in [7, 11) is 4.02. The number of nitrogens with one attached hydrogen (secondary N) is 2. The van der Waals surface area contributed by atoms with Gasteiger partial charge in [0.15, 0.2) is 5.11 Å². The molecule has 0 aliphatic heterocycles. The Hall–Kier alpha value is -2.14. The Morgan fingerprint density at radius 3 is 2.37 bits per heavy atom. The van der Waals surface area contributed by atoms with Gasteiger partial charge in [0, 0.05) is 31.7 Å². The predicted octanol–water partition coefficient (Wildman–Crippen LogP) is 2.96. The quantitative estimate of drug-likeness (QED) is 0.841. The average molecular weight is 272 g/mol. The second-order valence-corrected chi connectivity index (χ2v) is 4.64. The fraction of sp³-hybridized carbons (Fsp3) is 0.143. The third-order valence-corrected chi connectivity index (χ3v) is 2.75. The molecular formula is C14H16N4S. The monoisotopic (exact) mass is 272 g/mol. The molecule has 98 valence electrons. The molecule has 0 bridgehead atoms. The van der Waals surface area contributed by atoms with Crippen LogP contribution in [0.5, 0.6) is 0 Å². The van der Waals surface area contributed by atoms with Gasteiger partial charge >= 0.3 is 0 Å². The Morgan fingerprint density at radius 2 is 1.79 bits per heavy atom. The Bertz CT molecular complexity index is 537. The van der Waals surface area contributed by atoms with Crippen LogP contribution in [0.15, 0.2) is 48.7 Å². The number of hydrogen-bond donors (Lipinski definition) is 2. The zero-order valence-corrected chi connectivity index (χ0v) is 11.7. The van der Waals surface area contributed by atoms with Crippen molar-refractivity contribution in [2.45, 2.75) is 0 Å². The second kappa shape index (κ2) is 6.15. The molecule has 1 aromatic heterocycles. The maximum absolute atomic E-state index is 5.23. The lowest BCUT2D eigenvalue weighted by Gasteiger charge is -2.14. The molecule has 1 aromatic carbocycles. The smallest absolute Gasteiger partial charge is 0.176 e. The molecule has 0 saturated carbocycles. The fourth-order valence-electron chi connectivity index (χ4n) is 1.56. The lowest BCUT2D eigenvalue weighted by Crippen LogP contribution is -2.19. The Labute approximate surface area is 118 Å². The molecule has 0 spiro atoms. The summed E-state index contributed by atoms with van der Waals surface area (Å²) in [6.07, 6.45) is 1.72. The zero-order valence-electron chi connectivity index (χ0n) is 10.9. The molecule has 0 amide bonds. The van der Waals surface area contributed by atoms with Gasteiger partial charge in [0.1, 0.15) is 5.82 Å². The van der Waals surface area contributed by atoms with Gasteiger partial charge in [0.2, 0.25) is 0 Å². The van der Waals surface area contributed by atoms with Crippen LogP contribution in [0.1, 0.15) is 0 Å². The van der Waals surface area contributed by atoms with Gasteiger partial charge < -0.3 is 15.5 Å². The average Bonchev–Trinajstić information content (AvgIpc) is 2.40. The van der Waals surface area contributed by atoms with Crippen LogP contribution in [0.25, 0.3) is 0 Å². The number of nitrogens with zero attached hydrogens (tertiary/aromatic N) is 2. The molecule has 2 rings (SSSR count). The topological polar surface area (TPSA) is 40.2 Å². The van der Waals surface area contributed by atoms with E-state index in [0.29, 0.717) is 5.11 Å². The van der Waals surface area contributed by atoms with Crippen LogP contribution in [0.2, 0.25) is 0 Å². The highest BCUT2D eigenvalue weighted by Gasteiger charge is 2.00. The van der Waals surface area contributed by atoms with Crippen molar-refractivity contribution in [1.29, 1.82) is 0 Å². The first-order valence-electron chi connectivity index (χ1n) is 5.91. The number of rotatable bonds is 3. The molecule has 1 heterocycles. The summed E-state index contributed by atoms with van der Waals surface area (Å²) in [4.78, 5) is 6.20. The van der Waals surface area contributed by atoms with Crippen molar-refractivity contribution >= 4 is 34.5 Å². The van der Waals surface area contributed by atoms with Gasteiger partial charge in [0.05, 0.1) is 0 Å². The standard InChI is InChI=1S/C14H16N4S/c1-18(2)12-8-6-11(7-9-12)16-14(19)17-13-5-3-4-10-15-13/h3-10H,1-2H3,(H2,15,16,17,19). The van der Waals surface area contributed by atoms with E-state index in [1.54, 1.807) is 6.20 Å². The minimum absolute atomic E-state index is 0.524. The Balaban J connectivity index is 1.95. The van der Waals surface area contributed by atoms with E-state index in [-0.39, 0.29) is 0 Å². The van der Waals surface area contributed by atoms with Crippen molar-refractivity contribution < 1.29 is 0 Å². The lowest BCUT2D eigenvalue weighted by molar-refractivity contribution is 1.13. The van der Waals surface area contributed by atoms with Crippen LogP contribution >= 0.6 is 12.2 Å². The van der Waals surface area contributed by atoms with Crippen LogP contribution in [-0.4, -0.2) is 24.2 Å². The van der Waals surface area contributed by atoms with E-state index >= 15 is 0 Å². The summed E-state index contributed by atoms with van der Waals surface area (Å²) in [6, 6.07) is 13.7. The lowest BCUT2D eigenvalue weighted by atomic mass is 10.2. The molecule has 0 atom stereocenters. The van der Waals surface area contributed by atoms with E-state index in [1.807, 2.05) is 61.5 Å². The van der Waals surface area contributed by atoms with Gasteiger partial charge in [-0.05, 0) is 48.6 Å². The minimum atomic E-state index is 0.524. The maximum atomic E-state index is 5.23. The van der Waals surface area contributed by atoms with Crippen LogP contribution in [0, 0.1) is 0 Å².